The van der Waals surface area contributed by atoms with Crippen molar-refractivity contribution in [1.82, 2.24) is 0 Å². The number of hydrogen-bond donors (Lipinski definition) is 2. The maximum absolute atomic E-state index is 10.5. The van der Waals surface area contributed by atoms with E-state index in [0.717, 1.165) is 16.9 Å². The van der Waals surface area contributed by atoms with Gasteiger partial charge in [0.1, 0.15) is 55.4 Å². The van der Waals surface area contributed by atoms with E-state index in [4.69, 9.17) is 28.4 Å². The molecule has 2 aromatic rings. The molecule has 0 saturated carbocycles. The van der Waals surface area contributed by atoms with Crippen molar-refractivity contribution in [1.29, 1.82) is 0 Å². The number of ether oxygens (including phenoxy) is 6. The molecule has 0 radical (unpaired) electrons. The molecule has 0 aliphatic heterocycles. The lowest BCUT2D eigenvalue weighted by atomic mass is 10.0. The third-order valence-electron chi connectivity index (χ3n) is 6.13. The van der Waals surface area contributed by atoms with Gasteiger partial charge < -0.3 is 38.6 Å². The van der Waals surface area contributed by atoms with Crippen molar-refractivity contribution in [2.45, 2.75) is 52.4 Å². The van der Waals surface area contributed by atoms with E-state index in [1.165, 1.54) is 0 Å². The first-order valence-corrected chi connectivity index (χ1v) is 14.5. The average molecular weight is 581 g/mol. The maximum Gasteiger partial charge on any atom is 0.161 e. The van der Waals surface area contributed by atoms with E-state index in [-0.39, 0.29) is 32.5 Å². The number of allylic oxidation sites excluding steroid dienone is 5. The van der Waals surface area contributed by atoms with Crippen LogP contribution in [0.2, 0.25) is 0 Å². The molecule has 228 valence electrons. The Morgan fingerprint density at radius 2 is 1.40 bits per heavy atom. The van der Waals surface area contributed by atoms with Gasteiger partial charge in [0.25, 0.3) is 0 Å². The Balaban J connectivity index is 1.44. The molecule has 0 fully saturated rings. The second-order valence-corrected chi connectivity index (χ2v) is 9.62. The van der Waals surface area contributed by atoms with Crippen LogP contribution in [0.3, 0.4) is 0 Å². The highest BCUT2D eigenvalue weighted by Gasteiger charge is 2.22. The molecule has 42 heavy (non-hydrogen) atoms. The molecule has 2 aromatic carbocycles. The lowest BCUT2D eigenvalue weighted by Crippen LogP contribution is -2.29. The third kappa shape index (κ3) is 10.9. The summed E-state index contributed by atoms with van der Waals surface area (Å²) in [4.78, 5) is 0. The summed E-state index contributed by atoms with van der Waals surface area (Å²) in [5, 5.41) is 21.0. The minimum Gasteiger partial charge on any atom is -0.495 e. The van der Waals surface area contributed by atoms with Crippen molar-refractivity contribution >= 4 is 6.08 Å². The summed E-state index contributed by atoms with van der Waals surface area (Å²) in [5.41, 5.74) is 2.12. The predicted molar refractivity (Wildman–Crippen MR) is 164 cm³/mol. The van der Waals surface area contributed by atoms with Crippen LogP contribution in [0.5, 0.6) is 23.0 Å². The van der Waals surface area contributed by atoms with Crippen LogP contribution in [0.4, 0.5) is 0 Å². The van der Waals surface area contributed by atoms with E-state index in [1.54, 1.807) is 24.3 Å². The molecule has 0 aromatic heterocycles. The van der Waals surface area contributed by atoms with Crippen molar-refractivity contribution in [3.8, 4) is 23.0 Å². The van der Waals surface area contributed by atoms with Gasteiger partial charge in [0.05, 0.1) is 19.8 Å². The van der Waals surface area contributed by atoms with Gasteiger partial charge in [0.2, 0.25) is 0 Å². The highest BCUT2D eigenvalue weighted by molar-refractivity contribution is 5.55. The molecule has 1 aliphatic rings. The molecule has 0 heterocycles. The highest BCUT2D eigenvalue weighted by atomic mass is 16.5. The first kappa shape index (κ1) is 32.8. The lowest BCUT2D eigenvalue weighted by Gasteiger charge is -2.25. The fourth-order valence-electron chi connectivity index (χ4n) is 4.22. The second kappa shape index (κ2) is 18.0. The van der Waals surface area contributed by atoms with Gasteiger partial charge in [-0.05, 0) is 69.2 Å². The normalized spacial score (nSPS) is 16.6. The number of aliphatic hydroxyl groups is 2. The molecule has 0 bridgehead atoms. The fourth-order valence-corrected chi connectivity index (χ4v) is 4.22. The molecule has 2 N–H and O–H groups in total. The summed E-state index contributed by atoms with van der Waals surface area (Å²) in [5.74, 6) is 3.00. The van der Waals surface area contributed by atoms with Crippen molar-refractivity contribution in [3.63, 3.8) is 0 Å². The minimum absolute atomic E-state index is 0.0269. The van der Waals surface area contributed by atoms with Gasteiger partial charge in [-0.3, -0.25) is 0 Å². The Labute approximate surface area is 249 Å². The van der Waals surface area contributed by atoms with Crippen LogP contribution in [-0.4, -0.2) is 68.2 Å². The molecular formula is C34H44O8. The number of benzene rings is 2. The van der Waals surface area contributed by atoms with Gasteiger partial charge in [0.15, 0.2) is 11.5 Å². The van der Waals surface area contributed by atoms with Gasteiger partial charge in [-0.2, -0.15) is 0 Å². The van der Waals surface area contributed by atoms with Crippen molar-refractivity contribution in [3.05, 3.63) is 89.7 Å². The molecule has 0 spiro atoms. The first-order chi connectivity index (χ1) is 20.4. The summed E-state index contributed by atoms with van der Waals surface area (Å²) in [7, 11) is 0. The van der Waals surface area contributed by atoms with E-state index >= 15 is 0 Å². The van der Waals surface area contributed by atoms with Crippen LogP contribution in [0.15, 0.2) is 84.2 Å². The van der Waals surface area contributed by atoms with Gasteiger partial charge in [-0.15, -0.1) is 0 Å². The molecule has 3 rings (SSSR count). The standard InChI is InChI=1S/C34H44O8/c1-5-10-25-14-16-31(37-7-3)33(18-25)41-23-27(35)21-39-29-12-9-13-30(20-29)40-22-28(36)24-42-34-19-26(11-6-2)15-17-32(34)38-8-4/h5-6,9-18,20,27-28,34-36H,7-8,19,21-24H2,1-4H3/b10-5+,11-6+. The molecule has 3 unspecified atom stereocenters. The Morgan fingerprint density at radius 3 is 2.07 bits per heavy atom. The van der Waals surface area contributed by atoms with Crippen molar-refractivity contribution in [2.75, 3.05) is 39.6 Å². The van der Waals surface area contributed by atoms with Crippen LogP contribution >= 0.6 is 0 Å². The van der Waals surface area contributed by atoms with Gasteiger partial charge in [0, 0.05) is 12.5 Å². The summed E-state index contributed by atoms with van der Waals surface area (Å²) in [6.45, 7) is 9.03. The molecule has 1 aliphatic carbocycles. The SMILES string of the molecule is C/C=C/C1=CC=C(OCC)C(OCC(O)COc2cccc(OCC(O)COc3cc(/C=C/C)ccc3OCC)c2)C1. The largest absolute Gasteiger partial charge is 0.495 e. The maximum atomic E-state index is 10.5. The zero-order valence-electron chi connectivity index (χ0n) is 25.0. The van der Waals surface area contributed by atoms with Crippen LogP contribution in [0, 0.1) is 0 Å². The zero-order valence-corrected chi connectivity index (χ0v) is 25.0. The second-order valence-electron chi connectivity index (χ2n) is 9.62. The Hall–Kier alpha value is -3.72. The molecule has 8 nitrogen and oxygen atoms in total. The van der Waals surface area contributed by atoms with Gasteiger partial charge >= 0.3 is 0 Å². The fraction of sp³-hybridized carbons (Fsp3) is 0.412. The Bertz CT molecular complexity index is 1220. The van der Waals surface area contributed by atoms with E-state index < -0.39 is 12.2 Å². The van der Waals surface area contributed by atoms with Crippen molar-refractivity contribution in [2.24, 2.45) is 0 Å². The Kier molecular flexibility index (Phi) is 14.0. The average Bonchev–Trinajstić information content (AvgIpc) is 2.99. The summed E-state index contributed by atoms with van der Waals surface area (Å²) >= 11 is 0. The zero-order chi connectivity index (χ0) is 30.2. The summed E-state index contributed by atoms with van der Waals surface area (Å²) < 4.78 is 34.7. The van der Waals surface area contributed by atoms with Crippen LogP contribution in [0.25, 0.3) is 6.08 Å². The van der Waals surface area contributed by atoms with Crippen LogP contribution in [-0.2, 0) is 9.47 Å². The minimum atomic E-state index is -0.869. The molecule has 0 amide bonds. The topological polar surface area (TPSA) is 95.8 Å². The van der Waals surface area contributed by atoms with E-state index in [0.29, 0.717) is 42.6 Å². The third-order valence-corrected chi connectivity index (χ3v) is 6.13. The summed E-state index contributed by atoms with van der Waals surface area (Å²) in [6, 6.07) is 12.7. The molecule has 3 atom stereocenters. The number of aliphatic hydroxyl groups excluding tert-OH is 2. The predicted octanol–water partition coefficient (Wildman–Crippen LogP) is 5.89. The first-order valence-electron chi connectivity index (χ1n) is 14.5. The molecule has 8 heteroatoms. The lowest BCUT2D eigenvalue weighted by molar-refractivity contribution is -0.0306. The summed E-state index contributed by atoms with van der Waals surface area (Å²) in [6.07, 6.45) is 10.6. The van der Waals surface area contributed by atoms with Gasteiger partial charge in [-0.25, -0.2) is 0 Å². The number of hydrogen-bond acceptors (Lipinski definition) is 8. The monoisotopic (exact) mass is 580 g/mol. The smallest absolute Gasteiger partial charge is 0.161 e. The molecular weight excluding hydrogens is 536 g/mol. The van der Waals surface area contributed by atoms with Crippen molar-refractivity contribution < 1.29 is 38.6 Å². The van der Waals surface area contributed by atoms with Crippen LogP contribution < -0.4 is 18.9 Å². The van der Waals surface area contributed by atoms with E-state index in [9.17, 15) is 10.2 Å². The van der Waals surface area contributed by atoms with Gasteiger partial charge in [-0.1, -0.05) is 42.5 Å². The van der Waals surface area contributed by atoms with Crippen LogP contribution in [0.1, 0.15) is 39.7 Å². The Morgan fingerprint density at radius 1 is 0.738 bits per heavy atom. The van der Waals surface area contributed by atoms with E-state index in [2.05, 4.69) is 0 Å². The van der Waals surface area contributed by atoms with E-state index in [1.807, 2.05) is 82.4 Å². The molecule has 0 saturated heterocycles. The quantitative estimate of drug-likeness (QED) is 0.225. The number of rotatable bonds is 18. The highest BCUT2D eigenvalue weighted by Crippen LogP contribution is 2.29.